The molecule has 1 aromatic heterocycles. The van der Waals surface area contributed by atoms with Crippen molar-refractivity contribution in [3.8, 4) is 0 Å². The molecule has 0 spiro atoms. The number of hydrogen-bond donors (Lipinski definition) is 2. The lowest BCUT2D eigenvalue weighted by molar-refractivity contribution is 0.0435. The standard InChI is InChI=1S/C13H21N3O2/c1-10-3-6-16(9-12(10)17)13(18)14-7-11-4-5-15(2)8-11/h4-5,8,10,12,17H,3,6-7,9H2,1-2H3,(H,14,18). The van der Waals surface area contributed by atoms with Crippen molar-refractivity contribution < 1.29 is 9.90 Å². The third-order valence-corrected chi connectivity index (χ3v) is 3.54. The van der Waals surface area contributed by atoms with Crippen molar-refractivity contribution in [1.29, 1.82) is 0 Å². The van der Waals surface area contributed by atoms with Crippen LogP contribution in [0.25, 0.3) is 0 Å². The minimum Gasteiger partial charge on any atom is -0.391 e. The summed E-state index contributed by atoms with van der Waals surface area (Å²) in [7, 11) is 1.95. The number of β-amino-alcohol motifs (C(OH)–C–C–N with tert-alkyl or cyclic N) is 1. The minimum atomic E-state index is -0.402. The molecule has 2 atom stereocenters. The summed E-state index contributed by atoms with van der Waals surface area (Å²) in [4.78, 5) is 13.6. The molecular weight excluding hydrogens is 230 g/mol. The molecule has 18 heavy (non-hydrogen) atoms. The number of hydrogen-bond acceptors (Lipinski definition) is 2. The number of aliphatic hydroxyl groups is 1. The smallest absolute Gasteiger partial charge is 0.317 e. The molecule has 5 nitrogen and oxygen atoms in total. The van der Waals surface area contributed by atoms with Crippen molar-refractivity contribution in [2.45, 2.75) is 26.0 Å². The number of nitrogens with one attached hydrogen (secondary N) is 1. The van der Waals surface area contributed by atoms with Crippen molar-refractivity contribution in [2.75, 3.05) is 13.1 Å². The van der Waals surface area contributed by atoms with Gasteiger partial charge in [-0.05, 0) is 24.0 Å². The largest absolute Gasteiger partial charge is 0.391 e. The topological polar surface area (TPSA) is 57.5 Å². The number of aryl methyl sites for hydroxylation is 1. The third kappa shape index (κ3) is 3.04. The molecule has 0 saturated carbocycles. The number of carbonyl (C=O) groups excluding carboxylic acids is 1. The van der Waals surface area contributed by atoms with Gasteiger partial charge in [0, 0.05) is 39.1 Å². The molecule has 2 heterocycles. The van der Waals surface area contributed by atoms with Gasteiger partial charge in [0.15, 0.2) is 0 Å². The van der Waals surface area contributed by atoms with Gasteiger partial charge in [-0.3, -0.25) is 0 Å². The first-order chi connectivity index (χ1) is 8.56. The van der Waals surface area contributed by atoms with Gasteiger partial charge in [-0.25, -0.2) is 4.79 Å². The first-order valence-electron chi connectivity index (χ1n) is 6.38. The van der Waals surface area contributed by atoms with Crippen LogP contribution < -0.4 is 5.32 Å². The number of aliphatic hydroxyl groups excluding tert-OH is 1. The zero-order valence-electron chi connectivity index (χ0n) is 11.0. The van der Waals surface area contributed by atoms with Gasteiger partial charge in [0.2, 0.25) is 0 Å². The van der Waals surface area contributed by atoms with Gasteiger partial charge < -0.3 is 19.9 Å². The number of rotatable bonds is 2. The molecule has 100 valence electrons. The molecule has 2 N–H and O–H groups in total. The number of nitrogens with zero attached hydrogens (tertiary/aromatic N) is 2. The zero-order valence-corrected chi connectivity index (χ0v) is 11.0. The van der Waals surface area contributed by atoms with Crippen LogP contribution in [0.5, 0.6) is 0 Å². The zero-order chi connectivity index (χ0) is 13.1. The van der Waals surface area contributed by atoms with Gasteiger partial charge in [-0.1, -0.05) is 6.92 Å². The lowest BCUT2D eigenvalue weighted by Gasteiger charge is -2.34. The fourth-order valence-electron chi connectivity index (χ4n) is 2.19. The maximum absolute atomic E-state index is 11.9. The number of urea groups is 1. The van der Waals surface area contributed by atoms with Crippen molar-refractivity contribution in [3.05, 3.63) is 24.0 Å². The average Bonchev–Trinajstić information content (AvgIpc) is 2.75. The van der Waals surface area contributed by atoms with E-state index in [2.05, 4.69) is 5.32 Å². The summed E-state index contributed by atoms with van der Waals surface area (Å²) < 4.78 is 1.95. The molecule has 2 rings (SSSR count). The van der Waals surface area contributed by atoms with Crippen molar-refractivity contribution in [1.82, 2.24) is 14.8 Å². The van der Waals surface area contributed by atoms with Crippen molar-refractivity contribution in [2.24, 2.45) is 13.0 Å². The maximum Gasteiger partial charge on any atom is 0.317 e. The quantitative estimate of drug-likeness (QED) is 0.822. The van der Waals surface area contributed by atoms with Crippen LogP contribution in [0.15, 0.2) is 18.5 Å². The van der Waals surface area contributed by atoms with E-state index >= 15 is 0 Å². The monoisotopic (exact) mass is 251 g/mol. The second-order valence-corrected chi connectivity index (χ2v) is 5.12. The number of piperidine rings is 1. The third-order valence-electron chi connectivity index (χ3n) is 3.54. The number of likely N-dealkylation sites (tertiary alicyclic amines) is 1. The molecule has 0 bridgehead atoms. The highest BCUT2D eigenvalue weighted by Crippen LogP contribution is 2.16. The molecule has 1 aliphatic heterocycles. The Bertz CT molecular complexity index is 416. The lowest BCUT2D eigenvalue weighted by atomic mass is 9.96. The van der Waals surface area contributed by atoms with E-state index in [0.29, 0.717) is 13.1 Å². The van der Waals surface area contributed by atoms with Gasteiger partial charge in [0.05, 0.1) is 6.10 Å². The minimum absolute atomic E-state index is 0.0928. The Labute approximate surface area is 107 Å². The molecule has 1 saturated heterocycles. The second-order valence-electron chi connectivity index (χ2n) is 5.12. The molecule has 1 aliphatic rings. The normalized spacial score (nSPS) is 24.1. The Morgan fingerprint density at radius 1 is 1.61 bits per heavy atom. The van der Waals surface area contributed by atoms with Gasteiger partial charge >= 0.3 is 6.03 Å². The van der Waals surface area contributed by atoms with Crippen molar-refractivity contribution >= 4 is 6.03 Å². The Kier molecular flexibility index (Phi) is 3.91. The first kappa shape index (κ1) is 13.0. The summed E-state index contributed by atoms with van der Waals surface area (Å²) in [5, 5.41) is 12.6. The maximum atomic E-state index is 11.9. The van der Waals surface area contributed by atoms with E-state index in [0.717, 1.165) is 18.5 Å². The summed E-state index contributed by atoms with van der Waals surface area (Å²) in [6.45, 7) is 3.70. The number of carbonyl (C=O) groups is 1. The predicted octanol–water partition coefficient (Wildman–Crippen LogP) is 0.937. The predicted molar refractivity (Wildman–Crippen MR) is 69.0 cm³/mol. The highest BCUT2D eigenvalue weighted by molar-refractivity contribution is 5.74. The van der Waals surface area contributed by atoms with Crippen LogP contribution in [-0.4, -0.2) is 39.8 Å². The summed E-state index contributed by atoms with van der Waals surface area (Å²) >= 11 is 0. The van der Waals surface area contributed by atoms with E-state index in [9.17, 15) is 9.90 Å². The molecule has 0 radical (unpaired) electrons. The summed E-state index contributed by atoms with van der Waals surface area (Å²) in [5.74, 6) is 0.281. The molecule has 0 aromatic carbocycles. The number of aromatic nitrogens is 1. The molecule has 5 heteroatoms. The van der Waals surface area contributed by atoms with Gasteiger partial charge in [0.25, 0.3) is 0 Å². The summed E-state index contributed by atoms with van der Waals surface area (Å²) in [6, 6.07) is 1.89. The van der Waals surface area contributed by atoms with E-state index in [1.54, 1.807) is 4.90 Å². The Morgan fingerprint density at radius 3 is 3.00 bits per heavy atom. The molecule has 0 aliphatic carbocycles. The SMILES string of the molecule is CC1CCN(C(=O)NCc2ccn(C)c2)CC1O. The highest BCUT2D eigenvalue weighted by Gasteiger charge is 2.26. The van der Waals surface area contributed by atoms with Crippen LogP contribution in [0.4, 0.5) is 4.79 Å². The van der Waals surface area contributed by atoms with Gasteiger partial charge in [-0.15, -0.1) is 0 Å². The Balaban J connectivity index is 1.81. The Morgan fingerprint density at radius 2 is 2.39 bits per heavy atom. The average molecular weight is 251 g/mol. The van der Waals surface area contributed by atoms with Gasteiger partial charge in [-0.2, -0.15) is 0 Å². The summed E-state index contributed by atoms with van der Waals surface area (Å²) in [5.41, 5.74) is 1.08. The van der Waals surface area contributed by atoms with E-state index in [1.165, 1.54) is 0 Å². The second kappa shape index (κ2) is 5.44. The van der Waals surface area contributed by atoms with Crippen LogP contribution in [0.3, 0.4) is 0 Å². The van der Waals surface area contributed by atoms with Crippen LogP contribution in [0.1, 0.15) is 18.9 Å². The Hall–Kier alpha value is -1.49. The van der Waals surface area contributed by atoms with E-state index in [4.69, 9.17) is 0 Å². The van der Waals surface area contributed by atoms with Crippen LogP contribution >= 0.6 is 0 Å². The van der Waals surface area contributed by atoms with Crippen LogP contribution in [0, 0.1) is 5.92 Å². The highest BCUT2D eigenvalue weighted by atomic mass is 16.3. The van der Waals surface area contributed by atoms with Crippen LogP contribution in [-0.2, 0) is 13.6 Å². The van der Waals surface area contributed by atoms with E-state index in [1.807, 2.05) is 37.0 Å². The molecule has 1 fully saturated rings. The molecule has 2 amide bonds. The fourth-order valence-corrected chi connectivity index (χ4v) is 2.19. The number of amides is 2. The lowest BCUT2D eigenvalue weighted by Crippen LogP contribution is -2.49. The first-order valence-corrected chi connectivity index (χ1v) is 6.38. The summed E-state index contributed by atoms with van der Waals surface area (Å²) in [6.07, 6.45) is 4.39. The van der Waals surface area contributed by atoms with E-state index < -0.39 is 6.10 Å². The van der Waals surface area contributed by atoms with Crippen LogP contribution in [0.2, 0.25) is 0 Å². The molecule has 1 aromatic rings. The van der Waals surface area contributed by atoms with E-state index in [-0.39, 0.29) is 11.9 Å². The molecular formula is C13H21N3O2. The fraction of sp³-hybridized carbons (Fsp3) is 0.615. The van der Waals surface area contributed by atoms with Crippen molar-refractivity contribution in [3.63, 3.8) is 0 Å². The van der Waals surface area contributed by atoms with Gasteiger partial charge in [0.1, 0.15) is 0 Å². The molecule has 2 unspecified atom stereocenters.